The lowest BCUT2D eigenvalue weighted by Gasteiger charge is -2.20. The van der Waals surface area contributed by atoms with Gasteiger partial charge in [0.25, 0.3) is 4.83 Å². The van der Waals surface area contributed by atoms with Crippen LogP contribution in [0.5, 0.6) is 11.5 Å². The van der Waals surface area contributed by atoms with Crippen LogP contribution in [0.25, 0.3) is 20.7 Å². The Kier molecular flexibility index (Phi) is 5.81. The smallest absolute Gasteiger partial charge is 0.456 e. The van der Waals surface area contributed by atoms with Gasteiger partial charge < -0.3 is 20.7 Å². The normalized spacial score (nSPS) is 15.8. The van der Waals surface area contributed by atoms with E-state index in [1.807, 2.05) is 55.5 Å². The molecule has 8 heteroatoms. The maximum Gasteiger partial charge on any atom is 0.458 e. The van der Waals surface area contributed by atoms with E-state index in [2.05, 4.69) is 20.9 Å². The molecule has 0 spiro atoms. The van der Waals surface area contributed by atoms with Crippen LogP contribution in [0.15, 0.2) is 60.8 Å². The molecule has 4 aromatic rings. The summed E-state index contributed by atoms with van der Waals surface area (Å²) in [6, 6.07) is 17.1. The molecule has 0 saturated heterocycles. The van der Waals surface area contributed by atoms with Gasteiger partial charge >= 0.3 is 11.3 Å². The van der Waals surface area contributed by atoms with Crippen molar-refractivity contribution in [2.45, 2.75) is 45.1 Å². The van der Waals surface area contributed by atoms with Crippen molar-refractivity contribution in [3.63, 3.8) is 0 Å². The van der Waals surface area contributed by atoms with Gasteiger partial charge in [-0.3, -0.25) is 0 Å². The lowest BCUT2D eigenvalue weighted by Crippen LogP contribution is -2.34. The lowest BCUT2D eigenvalue weighted by molar-refractivity contribution is 0.252. The topological polar surface area (TPSA) is 92.3 Å². The Morgan fingerprint density at radius 3 is 2.56 bits per heavy atom. The number of carbonyl (C=O) groups is 2. The number of aromatic nitrogens is 1. The Balaban J connectivity index is 1.54. The zero-order valence-electron chi connectivity index (χ0n) is 20.0. The molecular formula is C28H27N4O3S+. The third-order valence-electron chi connectivity index (χ3n) is 6.84. The van der Waals surface area contributed by atoms with Crippen molar-refractivity contribution in [3.05, 3.63) is 66.4 Å². The molecule has 7 nitrogen and oxygen atoms in total. The van der Waals surface area contributed by atoms with Gasteiger partial charge in [0.1, 0.15) is 33.0 Å². The van der Waals surface area contributed by atoms with Gasteiger partial charge in [-0.25, -0.2) is 14.6 Å². The average Bonchev–Trinajstić information content (AvgIpc) is 3.21. The van der Waals surface area contributed by atoms with Gasteiger partial charge in [-0.15, -0.1) is 0 Å². The molecule has 1 unspecified atom stereocenters. The zero-order chi connectivity index (χ0) is 24.6. The van der Waals surface area contributed by atoms with Crippen molar-refractivity contribution < 1.29 is 14.3 Å². The fourth-order valence-corrected chi connectivity index (χ4v) is 7.24. The number of hydrogen-bond donors (Lipinski definition) is 3. The standard InChI is InChI=1S/C28H26N4O3S/c1-17-9-5-7-13-21(17)35-22-14-8-6-12-19(22)25-24-23-20(31-27(33)32-24)15-16-29-26(23)36(25)28(34)30-18-10-3-2-4-11-18/h5-9,12-16,18H,2-4,10-11H2,1H3,(H2-,29,30,31,32,33,34)/p+1. The molecule has 2 aliphatic rings. The molecule has 36 heavy (non-hydrogen) atoms. The van der Waals surface area contributed by atoms with Crippen LogP contribution in [0.4, 0.5) is 21.0 Å². The van der Waals surface area contributed by atoms with E-state index in [4.69, 9.17) is 4.74 Å². The summed E-state index contributed by atoms with van der Waals surface area (Å²) in [5, 5.41) is 9.85. The first kappa shape index (κ1) is 22.5. The minimum absolute atomic E-state index is 0.0698. The van der Waals surface area contributed by atoms with Crippen LogP contribution in [0.3, 0.4) is 0 Å². The molecular weight excluding hydrogens is 472 g/mol. The summed E-state index contributed by atoms with van der Waals surface area (Å²) in [7, 11) is -1.04. The van der Waals surface area contributed by atoms with Crippen LogP contribution < -0.4 is 20.7 Å². The van der Waals surface area contributed by atoms with E-state index < -0.39 is 10.5 Å². The maximum absolute atomic E-state index is 13.9. The van der Waals surface area contributed by atoms with Gasteiger partial charge in [0.2, 0.25) is 4.88 Å². The predicted octanol–water partition coefficient (Wildman–Crippen LogP) is 7.60. The van der Waals surface area contributed by atoms with E-state index in [-0.39, 0.29) is 17.3 Å². The SMILES string of the molecule is Cc1ccccc1Oc1ccccc1-c1c2c3c(ccnc3[s+]1C(=O)NC1CCCCC1)NC(=O)N2. The first-order chi connectivity index (χ1) is 17.6. The van der Waals surface area contributed by atoms with Crippen molar-refractivity contribution in [2.75, 3.05) is 10.6 Å². The monoisotopic (exact) mass is 499 g/mol. The number of urea groups is 1. The highest BCUT2D eigenvalue weighted by Gasteiger charge is 2.41. The van der Waals surface area contributed by atoms with Gasteiger partial charge in [0.15, 0.2) is 0 Å². The van der Waals surface area contributed by atoms with E-state index in [9.17, 15) is 9.59 Å². The van der Waals surface area contributed by atoms with Crippen LogP contribution in [0.1, 0.15) is 37.7 Å². The minimum atomic E-state index is -1.04. The molecule has 1 aliphatic heterocycles. The first-order valence-electron chi connectivity index (χ1n) is 12.3. The van der Waals surface area contributed by atoms with E-state index in [1.165, 1.54) is 6.42 Å². The number of carbonyl (C=O) groups excluding carboxylic acids is 2. The molecule has 0 radical (unpaired) electrons. The molecule has 1 saturated carbocycles. The van der Waals surface area contributed by atoms with Crippen LogP contribution in [-0.4, -0.2) is 22.3 Å². The fraction of sp³-hybridized carbons (Fsp3) is 0.250. The molecule has 3 amide bonds. The zero-order valence-corrected chi connectivity index (χ0v) is 20.8. The van der Waals surface area contributed by atoms with Crippen molar-refractivity contribution in [1.29, 1.82) is 0 Å². The number of benzene rings is 2. The summed E-state index contributed by atoms with van der Waals surface area (Å²) in [6.07, 6.45) is 7.09. The number of para-hydroxylation sites is 2. The Morgan fingerprint density at radius 1 is 1.00 bits per heavy atom. The van der Waals surface area contributed by atoms with Gasteiger partial charge in [0, 0.05) is 12.2 Å². The molecule has 1 atom stereocenters. The first-order valence-corrected chi connectivity index (χ1v) is 13.5. The highest BCUT2D eigenvalue weighted by molar-refractivity contribution is 7.58. The van der Waals surface area contributed by atoms with Gasteiger partial charge in [-0.1, -0.05) is 49.6 Å². The third-order valence-corrected chi connectivity index (χ3v) is 8.85. The number of nitrogens with one attached hydrogen (secondary N) is 3. The number of ether oxygens (including phenoxy) is 1. The lowest BCUT2D eigenvalue weighted by atomic mass is 9.96. The number of thiophene rings is 1. The Bertz CT molecular complexity index is 1490. The molecule has 0 bridgehead atoms. The second kappa shape index (κ2) is 9.28. The maximum atomic E-state index is 13.9. The van der Waals surface area contributed by atoms with Crippen molar-refractivity contribution in [1.82, 2.24) is 10.3 Å². The predicted molar refractivity (Wildman–Crippen MR) is 144 cm³/mol. The van der Waals surface area contributed by atoms with Gasteiger partial charge in [-0.2, -0.15) is 0 Å². The largest absolute Gasteiger partial charge is 0.458 e. The molecule has 3 heterocycles. The average molecular weight is 500 g/mol. The molecule has 182 valence electrons. The van der Waals surface area contributed by atoms with Crippen LogP contribution >= 0.6 is 10.5 Å². The number of hydrogen-bond acceptors (Lipinski definition) is 4. The van der Waals surface area contributed by atoms with Crippen molar-refractivity contribution in [2.24, 2.45) is 0 Å². The van der Waals surface area contributed by atoms with E-state index in [0.29, 0.717) is 22.0 Å². The Labute approximate surface area is 211 Å². The molecule has 6 rings (SSSR count). The van der Waals surface area contributed by atoms with Crippen LogP contribution in [0.2, 0.25) is 0 Å². The second-order valence-electron chi connectivity index (χ2n) is 9.26. The number of pyridine rings is 1. The number of anilines is 2. The third kappa shape index (κ3) is 3.97. The fourth-order valence-electron chi connectivity index (χ4n) is 5.07. The van der Waals surface area contributed by atoms with E-state index in [1.54, 1.807) is 12.3 Å². The highest BCUT2D eigenvalue weighted by Crippen LogP contribution is 2.55. The molecule has 2 aromatic heterocycles. The Hall–Kier alpha value is -3.91. The van der Waals surface area contributed by atoms with Crippen molar-refractivity contribution >= 4 is 43.3 Å². The van der Waals surface area contributed by atoms with Crippen molar-refractivity contribution in [3.8, 4) is 21.9 Å². The van der Waals surface area contributed by atoms with E-state index in [0.717, 1.165) is 52.8 Å². The molecule has 3 N–H and O–H groups in total. The van der Waals surface area contributed by atoms with Gasteiger partial charge in [0.05, 0.1) is 11.3 Å². The number of nitrogens with zero attached hydrogens (tertiary/aromatic N) is 1. The number of aryl methyl sites for hydroxylation is 1. The number of rotatable bonds is 5. The molecule has 1 fully saturated rings. The second-order valence-corrected chi connectivity index (χ2v) is 11.0. The van der Waals surface area contributed by atoms with Crippen LogP contribution in [-0.2, 0) is 0 Å². The summed E-state index contributed by atoms with van der Waals surface area (Å²) in [4.78, 5) is 32.6. The minimum Gasteiger partial charge on any atom is -0.456 e. The van der Waals surface area contributed by atoms with Gasteiger partial charge in [-0.05, 0) is 49.6 Å². The summed E-state index contributed by atoms with van der Waals surface area (Å²) in [6.45, 7) is 2.00. The molecule has 1 aliphatic carbocycles. The number of amides is 3. The summed E-state index contributed by atoms with van der Waals surface area (Å²) in [5.41, 5.74) is 3.06. The van der Waals surface area contributed by atoms with Crippen LogP contribution in [0, 0.1) is 6.92 Å². The summed E-state index contributed by atoms with van der Waals surface area (Å²) in [5.74, 6) is 1.37. The summed E-state index contributed by atoms with van der Waals surface area (Å²) < 4.78 is 6.39. The quantitative estimate of drug-likeness (QED) is 0.247. The Morgan fingerprint density at radius 2 is 1.75 bits per heavy atom. The van der Waals surface area contributed by atoms with E-state index >= 15 is 0 Å². The highest BCUT2D eigenvalue weighted by atomic mass is 32.2. The molecule has 2 aromatic carbocycles. The summed E-state index contributed by atoms with van der Waals surface area (Å²) >= 11 is 0.